The lowest BCUT2D eigenvalue weighted by atomic mass is 10.0. The molecule has 1 amide bonds. The molecule has 0 radical (unpaired) electrons. The molecule has 0 aromatic heterocycles. The zero-order chi connectivity index (χ0) is 15.4. The number of benzene rings is 2. The highest BCUT2D eigenvalue weighted by atomic mass is 16.5. The van der Waals surface area contributed by atoms with Gasteiger partial charge in [-0.1, -0.05) is 30.3 Å². The standard InChI is InChI=1S/C18H20N2O2/c19-14-7-6-12-20(13-14)18(21)16-10-4-5-11-17(16)22-15-8-2-1-3-9-15/h1-5,8-11,14H,6-7,12-13,19H2. The van der Waals surface area contributed by atoms with Gasteiger partial charge in [-0.15, -0.1) is 0 Å². The summed E-state index contributed by atoms with van der Waals surface area (Å²) in [7, 11) is 0. The molecule has 1 aliphatic rings. The first-order valence-corrected chi connectivity index (χ1v) is 7.61. The maximum atomic E-state index is 12.7. The van der Waals surface area contributed by atoms with Crippen LogP contribution in [0.2, 0.25) is 0 Å². The molecule has 22 heavy (non-hydrogen) atoms. The molecule has 2 N–H and O–H groups in total. The Kier molecular flexibility index (Phi) is 4.39. The topological polar surface area (TPSA) is 55.6 Å². The lowest BCUT2D eigenvalue weighted by molar-refractivity contribution is 0.0706. The van der Waals surface area contributed by atoms with Crippen LogP contribution >= 0.6 is 0 Å². The highest BCUT2D eigenvalue weighted by Crippen LogP contribution is 2.26. The van der Waals surface area contributed by atoms with Crippen LogP contribution in [0.5, 0.6) is 11.5 Å². The van der Waals surface area contributed by atoms with E-state index in [1.165, 1.54) is 0 Å². The predicted molar refractivity (Wildman–Crippen MR) is 86.1 cm³/mol. The van der Waals surface area contributed by atoms with E-state index >= 15 is 0 Å². The molecule has 1 saturated heterocycles. The molecule has 0 spiro atoms. The summed E-state index contributed by atoms with van der Waals surface area (Å²) in [4.78, 5) is 14.6. The van der Waals surface area contributed by atoms with Crippen LogP contribution in [0.15, 0.2) is 54.6 Å². The Hall–Kier alpha value is -2.33. The fourth-order valence-electron chi connectivity index (χ4n) is 2.71. The molecule has 4 heteroatoms. The average molecular weight is 296 g/mol. The number of nitrogens with two attached hydrogens (primary N) is 1. The summed E-state index contributed by atoms with van der Waals surface area (Å²) in [5, 5.41) is 0. The molecule has 1 unspecified atom stereocenters. The summed E-state index contributed by atoms with van der Waals surface area (Å²) in [5.41, 5.74) is 6.56. The quantitative estimate of drug-likeness (QED) is 0.947. The number of carbonyl (C=O) groups excluding carboxylic acids is 1. The van der Waals surface area contributed by atoms with Crippen molar-refractivity contribution in [2.75, 3.05) is 13.1 Å². The number of nitrogens with zero attached hydrogens (tertiary/aromatic N) is 1. The smallest absolute Gasteiger partial charge is 0.257 e. The number of likely N-dealkylation sites (tertiary alicyclic amines) is 1. The van der Waals surface area contributed by atoms with Crippen molar-refractivity contribution in [2.45, 2.75) is 18.9 Å². The Balaban J connectivity index is 1.83. The number of para-hydroxylation sites is 2. The van der Waals surface area contributed by atoms with Gasteiger partial charge in [0, 0.05) is 19.1 Å². The van der Waals surface area contributed by atoms with Gasteiger partial charge in [0.25, 0.3) is 5.91 Å². The Morgan fingerprint density at radius 1 is 1.09 bits per heavy atom. The van der Waals surface area contributed by atoms with Crippen LogP contribution < -0.4 is 10.5 Å². The summed E-state index contributed by atoms with van der Waals surface area (Å²) in [6.45, 7) is 1.37. The molecule has 0 bridgehead atoms. The number of ether oxygens (including phenoxy) is 1. The van der Waals surface area contributed by atoms with E-state index in [9.17, 15) is 4.79 Å². The third kappa shape index (κ3) is 3.28. The van der Waals surface area contributed by atoms with Gasteiger partial charge in [0.2, 0.25) is 0 Å². The van der Waals surface area contributed by atoms with Gasteiger partial charge in [-0.2, -0.15) is 0 Å². The summed E-state index contributed by atoms with van der Waals surface area (Å²) >= 11 is 0. The van der Waals surface area contributed by atoms with Crippen molar-refractivity contribution in [3.05, 3.63) is 60.2 Å². The fourth-order valence-corrected chi connectivity index (χ4v) is 2.71. The molecule has 2 aromatic rings. The third-order valence-corrected chi connectivity index (χ3v) is 3.83. The van der Waals surface area contributed by atoms with Crippen LogP contribution in [0, 0.1) is 0 Å². The van der Waals surface area contributed by atoms with E-state index < -0.39 is 0 Å². The van der Waals surface area contributed by atoms with E-state index in [0.29, 0.717) is 17.9 Å². The van der Waals surface area contributed by atoms with Crippen molar-refractivity contribution in [1.82, 2.24) is 4.90 Å². The number of hydrogen-bond acceptors (Lipinski definition) is 3. The first-order valence-electron chi connectivity index (χ1n) is 7.61. The van der Waals surface area contributed by atoms with E-state index in [2.05, 4.69) is 0 Å². The van der Waals surface area contributed by atoms with Crippen molar-refractivity contribution in [3.63, 3.8) is 0 Å². The molecule has 114 valence electrons. The van der Waals surface area contributed by atoms with Crippen molar-refractivity contribution in [3.8, 4) is 11.5 Å². The summed E-state index contributed by atoms with van der Waals surface area (Å²) in [6.07, 6.45) is 1.93. The normalized spacial score (nSPS) is 18.0. The van der Waals surface area contributed by atoms with E-state index in [1.807, 2.05) is 53.4 Å². The molecule has 3 rings (SSSR count). The van der Waals surface area contributed by atoms with E-state index in [-0.39, 0.29) is 11.9 Å². The maximum absolute atomic E-state index is 12.7. The van der Waals surface area contributed by atoms with E-state index in [0.717, 1.165) is 25.1 Å². The highest BCUT2D eigenvalue weighted by Gasteiger charge is 2.24. The summed E-state index contributed by atoms with van der Waals surface area (Å²) in [6, 6.07) is 16.9. The molecule has 0 aliphatic carbocycles. The molecular formula is C18H20N2O2. The van der Waals surface area contributed by atoms with Gasteiger partial charge in [0.15, 0.2) is 0 Å². The molecule has 0 saturated carbocycles. The molecule has 1 heterocycles. The Morgan fingerprint density at radius 2 is 1.82 bits per heavy atom. The van der Waals surface area contributed by atoms with E-state index in [1.54, 1.807) is 6.07 Å². The number of rotatable bonds is 3. The lowest BCUT2D eigenvalue weighted by Crippen LogP contribution is -2.45. The SMILES string of the molecule is NC1CCCN(C(=O)c2ccccc2Oc2ccccc2)C1. The predicted octanol–water partition coefficient (Wildman–Crippen LogP) is 3.04. The monoisotopic (exact) mass is 296 g/mol. The minimum Gasteiger partial charge on any atom is -0.457 e. The molecule has 1 aliphatic heterocycles. The minimum absolute atomic E-state index is 0.0123. The second-order valence-electron chi connectivity index (χ2n) is 5.56. The fraction of sp³-hybridized carbons (Fsp3) is 0.278. The molecule has 1 fully saturated rings. The van der Waals surface area contributed by atoms with Crippen LogP contribution in [-0.2, 0) is 0 Å². The van der Waals surface area contributed by atoms with Crippen LogP contribution in [0.4, 0.5) is 0 Å². The van der Waals surface area contributed by atoms with Crippen molar-refractivity contribution < 1.29 is 9.53 Å². The minimum atomic E-state index is -0.0123. The van der Waals surface area contributed by atoms with Gasteiger partial charge in [-0.05, 0) is 37.1 Å². The Bertz CT molecular complexity index is 643. The lowest BCUT2D eigenvalue weighted by Gasteiger charge is -2.31. The largest absolute Gasteiger partial charge is 0.457 e. The zero-order valence-corrected chi connectivity index (χ0v) is 12.4. The average Bonchev–Trinajstić information content (AvgIpc) is 2.56. The van der Waals surface area contributed by atoms with Crippen molar-refractivity contribution in [1.29, 1.82) is 0 Å². The third-order valence-electron chi connectivity index (χ3n) is 3.83. The van der Waals surface area contributed by atoms with E-state index in [4.69, 9.17) is 10.5 Å². The Labute approximate surface area is 130 Å². The number of hydrogen-bond donors (Lipinski definition) is 1. The highest BCUT2D eigenvalue weighted by molar-refractivity contribution is 5.97. The molecule has 4 nitrogen and oxygen atoms in total. The summed E-state index contributed by atoms with van der Waals surface area (Å²) in [5.74, 6) is 1.29. The van der Waals surface area contributed by atoms with Gasteiger partial charge in [0.1, 0.15) is 11.5 Å². The van der Waals surface area contributed by atoms with Gasteiger partial charge in [-0.25, -0.2) is 0 Å². The second-order valence-corrected chi connectivity index (χ2v) is 5.56. The first-order chi connectivity index (χ1) is 10.7. The molecule has 2 aromatic carbocycles. The van der Waals surface area contributed by atoms with Crippen molar-refractivity contribution in [2.24, 2.45) is 5.73 Å². The molecular weight excluding hydrogens is 276 g/mol. The number of amides is 1. The van der Waals surface area contributed by atoms with Crippen LogP contribution in [-0.4, -0.2) is 29.9 Å². The van der Waals surface area contributed by atoms with Gasteiger partial charge < -0.3 is 15.4 Å². The maximum Gasteiger partial charge on any atom is 0.257 e. The number of carbonyl (C=O) groups is 1. The first kappa shape index (κ1) is 14.6. The number of piperidine rings is 1. The summed E-state index contributed by atoms with van der Waals surface area (Å²) < 4.78 is 5.87. The van der Waals surface area contributed by atoms with Gasteiger partial charge >= 0.3 is 0 Å². The van der Waals surface area contributed by atoms with Gasteiger partial charge in [0.05, 0.1) is 5.56 Å². The Morgan fingerprint density at radius 3 is 2.59 bits per heavy atom. The van der Waals surface area contributed by atoms with Crippen LogP contribution in [0.3, 0.4) is 0 Å². The van der Waals surface area contributed by atoms with Gasteiger partial charge in [-0.3, -0.25) is 4.79 Å². The van der Waals surface area contributed by atoms with Crippen LogP contribution in [0.1, 0.15) is 23.2 Å². The zero-order valence-electron chi connectivity index (χ0n) is 12.4. The molecule has 1 atom stereocenters. The van der Waals surface area contributed by atoms with Crippen LogP contribution in [0.25, 0.3) is 0 Å². The van der Waals surface area contributed by atoms with Crippen molar-refractivity contribution >= 4 is 5.91 Å². The second kappa shape index (κ2) is 6.62.